The highest BCUT2D eigenvalue weighted by Crippen LogP contribution is 2.22. The van der Waals surface area contributed by atoms with Gasteiger partial charge in [0.25, 0.3) is 0 Å². The van der Waals surface area contributed by atoms with Crippen LogP contribution in [-0.4, -0.2) is 13.1 Å². The fraction of sp³-hybridized carbons (Fsp3) is 0.250. The van der Waals surface area contributed by atoms with E-state index in [2.05, 4.69) is 74.7 Å². The highest BCUT2D eigenvalue weighted by molar-refractivity contribution is 9.10. The van der Waals surface area contributed by atoms with Crippen molar-refractivity contribution < 1.29 is 0 Å². The van der Waals surface area contributed by atoms with Crippen LogP contribution in [-0.2, 0) is 13.1 Å². The highest BCUT2D eigenvalue weighted by Gasteiger charge is 2.12. The van der Waals surface area contributed by atoms with Gasteiger partial charge in [-0.25, -0.2) is 0 Å². The minimum atomic E-state index is 0.977. The molecule has 0 amide bonds. The van der Waals surface area contributed by atoms with Gasteiger partial charge < -0.3 is 10.2 Å². The van der Waals surface area contributed by atoms with E-state index in [4.69, 9.17) is 0 Å². The normalized spacial score (nSPS) is 15.5. The third-order valence-electron chi connectivity index (χ3n) is 3.55. The number of anilines is 1. The van der Waals surface area contributed by atoms with Gasteiger partial charge in [0.2, 0.25) is 0 Å². The zero-order valence-corrected chi connectivity index (χ0v) is 12.4. The fourth-order valence-electron chi connectivity index (χ4n) is 2.48. The lowest BCUT2D eigenvalue weighted by atomic mass is 10.1. The molecule has 98 valence electrons. The van der Waals surface area contributed by atoms with Crippen LogP contribution < -0.4 is 10.2 Å². The summed E-state index contributed by atoms with van der Waals surface area (Å²) < 4.78 is 1.13. The lowest BCUT2D eigenvalue weighted by Gasteiger charge is -2.28. The van der Waals surface area contributed by atoms with Crippen molar-refractivity contribution in [2.24, 2.45) is 0 Å². The molecule has 0 unspecified atom stereocenters. The van der Waals surface area contributed by atoms with Crippen molar-refractivity contribution in [1.82, 2.24) is 5.32 Å². The van der Waals surface area contributed by atoms with E-state index in [9.17, 15) is 0 Å². The van der Waals surface area contributed by atoms with Gasteiger partial charge in [-0.15, -0.1) is 0 Å². The summed E-state index contributed by atoms with van der Waals surface area (Å²) in [6.45, 7) is 4.02. The van der Waals surface area contributed by atoms with Gasteiger partial charge in [0.15, 0.2) is 0 Å². The lowest BCUT2D eigenvalue weighted by Crippen LogP contribution is -2.34. The Morgan fingerprint density at radius 1 is 0.947 bits per heavy atom. The van der Waals surface area contributed by atoms with Crippen molar-refractivity contribution in [3.63, 3.8) is 0 Å². The van der Waals surface area contributed by atoms with Gasteiger partial charge in [-0.05, 0) is 35.4 Å². The predicted molar refractivity (Wildman–Crippen MR) is 83.3 cm³/mol. The first-order valence-corrected chi connectivity index (χ1v) is 7.40. The molecule has 2 aromatic carbocycles. The molecule has 0 bridgehead atoms. The van der Waals surface area contributed by atoms with Crippen molar-refractivity contribution in [2.45, 2.75) is 13.1 Å². The number of hydrogen-bond donors (Lipinski definition) is 1. The molecule has 3 heteroatoms. The Morgan fingerprint density at radius 3 is 2.47 bits per heavy atom. The van der Waals surface area contributed by atoms with E-state index < -0.39 is 0 Å². The Morgan fingerprint density at radius 2 is 1.68 bits per heavy atom. The zero-order chi connectivity index (χ0) is 13.1. The highest BCUT2D eigenvalue weighted by atomic mass is 79.9. The number of fused-ring (bicyclic) bond motifs is 1. The van der Waals surface area contributed by atoms with E-state index in [0.29, 0.717) is 0 Å². The summed E-state index contributed by atoms with van der Waals surface area (Å²) in [5, 5.41) is 3.50. The first-order chi connectivity index (χ1) is 9.33. The number of benzene rings is 2. The van der Waals surface area contributed by atoms with Crippen LogP contribution in [0.25, 0.3) is 0 Å². The van der Waals surface area contributed by atoms with Crippen LogP contribution in [0.4, 0.5) is 5.69 Å². The molecule has 0 spiro atoms. The fourth-order valence-corrected chi connectivity index (χ4v) is 2.74. The summed E-state index contributed by atoms with van der Waals surface area (Å²) in [4.78, 5) is 2.43. The molecule has 0 atom stereocenters. The number of rotatable bonds is 1. The molecule has 0 aliphatic carbocycles. The Bertz CT molecular complexity index is 551. The smallest absolute Gasteiger partial charge is 0.0433 e. The molecule has 2 nitrogen and oxygen atoms in total. The van der Waals surface area contributed by atoms with Crippen molar-refractivity contribution in [1.29, 1.82) is 0 Å². The molecule has 3 rings (SSSR count). The first-order valence-electron chi connectivity index (χ1n) is 6.61. The summed E-state index contributed by atoms with van der Waals surface area (Å²) in [5.74, 6) is 0. The van der Waals surface area contributed by atoms with Crippen LogP contribution in [0.15, 0.2) is 53.0 Å². The average Bonchev–Trinajstić information content (AvgIpc) is 2.41. The molecule has 0 aromatic heterocycles. The molecular weight excluding hydrogens is 300 g/mol. The molecule has 0 radical (unpaired) electrons. The molecular formula is C16H17BrN2. The van der Waals surface area contributed by atoms with Gasteiger partial charge in [-0.2, -0.15) is 0 Å². The Hall–Kier alpha value is -1.32. The Balaban J connectivity index is 1.89. The number of hydrogen-bond acceptors (Lipinski definition) is 2. The molecule has 1 N–H and O–H groups in total. The maximum atomic E-state index is 3.50. The second-order valence-corrected chi connectivity index (χ2v) is 5.76. The van der Waals surface area contributed by atoms with Crippen molar-refractivity contribution in [3.8, 4) is 0 Å². The third-order valence-corrected chi connectivity index (χ3v) is 4.07. The summed E-state index contributed by atoms with van der Waals surface area (Å²) in [5.41, 5.74) is 4.10. The van der Waals surface area contributed by atoms with Gasteiger partial charge >= 0.3 is 0 Å². The van der Waals surface area contributed by atoms with E-state index in [1.54, 1.807) is 0 Å². The van der Waals surface area contributed by atoms with Gasteiger partial charge in [-0.3, -0.25) is 0 Å². The molecule has 19 heavy (non-hydrogen) atoms. The monoisotopic (exact) mass is 316 g/mol. The SMILES string of the molecule is Brc1ccc(N2CCNCc3ccccc3C2)cc1. The van der Waals surface area contributed by atoms with Gasteiger partial charge in [0, 0.05) is 36.3 Å². The average molecular weight is 317 g/mol. The second kappa shape index (κ2) is 5.76. The summed E-state index contributed by atoms with van der Waals surface area (Å²) >= 11 is 3.49. The van der Waals surface area contributed by atoms with E-state index in [0.717, 1.165) is 30.7 Å². The molecule has 0 saturated carbocycles. The maximum absolute atomic E-state index is 3.50. The van der Waals surface area contributed by atoms with Gasteiger partial charge in [0.05, 0.1) is 0 Å². The van der Waals surface area contributed by atoms with E-state index in [1.165, 1.54) is 16.8 Å². The summed E-state index contributed by atoms with van der Waals surface area (Å²) in [7, 11) is 0. The molecule has 0 saturated heterocycles. The molecule has 1 heterocycles. The third kappa shape index (κ3) is 2.99. The Kier molecular flexibility index (Phi) is 3.85. The van der Waals surface area contributed by atoms with Crippen LogP contribution in [0.2, 0.25) is 0 Å². The minimum absolute atomic E-state index is 0.977. The van der Waals surface area contributed by atoms with Crippen molar-refractivity contribution in [2.75, 3.05) is 18.0 Å². The van der Waals surface area contributed by atoms with E-state index in [1.807, 2.05) is 0 Å². The number of nitrogens with zero attached hydrogens (tertiary/aromatic N) is 1. The Labute approximate surface area is 122 Å². The van der Waals surface area contributed by atoms with Crippen LogP contribution in [0.1, 0.15) is 11.1 Å². The summed E-state index contributed by atoms with van der Waals surface area (Å²) in [6.07, 6.45) is 0. The van der Waals surface area contributed by atoms with Crippen LogP contribution in [0, 0.1) is 0 Å². The largest absolute Gasteiger partial charge is 0.366 e. The lowest BCUT2D eigenvalue weighted by molar-refractivity contribution is 0.631. The van der Waals surface area contributed by atoms with Crippen LogP contribution in [0.5, 0.6) is 0 Å². The van der Waals surface area contributed by atoms with Gasteiger partial charge in [-0.1, -0.05) is 40.2 Å². The van der Waals surface area contributed by atoms with Crippen molar-refractivity contribution >= 4 is 21.6 Å². The predicted octanol–water partition coefficient (Wildman–Crippen LogP) is 3.56. The molecule has 2 aromatic rings. The number of halogens is 1. The second-order valence-electron chi connectivity index (χ2n) is 4.84. The zero-order valence-electron chi connectivity index (χ0n) is 10.8. The topological polar surface area (TPSA) is 15.3 Å². The van der Waals surface area contributed by atoms with Crippen LogP contribution >= 0.6 is 15.9 Å². The summed E-state index contributed by atoms with van der Waals surface area (Å²) in [6, 6.07) is 17.2. The minimum Gasteiger partial charge on any atom is -0.366 e. The first kappa shape index (κ1) is 12.7. The van der Waals surface area contributed by atoms with E-state index >= 15 is 0 Å². The molecule has 1 aliphatic heterocycles. The number of nitrogens with one attached hydrogen (secondary N) is 1. The molecule has 0 fully saturated rings. The van der Waals surface area contributed by atoms with Gasteiger partial charge in [0.1, 0.15) is 0 Å². The molecule has 1 aliphatic rings. The van der Waals surface area contributed by atoms with Crippen LogP contribution in [0.3, 0.4) is 0 Å². The van der Waals surface area contributed by atoms with Crippen molar-refractivity contribution in [3.05, 3.63) is 64.1 Å². The standard InChI is InChI=1S/C16H17BrN2/c17-15-5-7-16(8-6-15)19-10-9-18-11-13-3-1-2-4-14(13)12-19/h1-8,18H,9-12H2. The van der Waals surface area contributed by atoms with E-state index in [-0.39, 0.29) is 0 Å². The maximum Gasteiger partial charge on any atom is 0.0433 e. The quantitative estimate of drug-likeness (QED) is 0.865.